The third-order valence-corrected chi connectivity index (χ3v) is 5.86. The van der Waals surface area contributed by atoms with Gasteiger partial charge in [0.2, 0.25) is 5.95 Å². The van der Waals surface area contributed by atoms with E-state index in [-0.39, 0.29) is 6.04 Å². The number of rotatable bonds is 3. The Morgan fingerprint density at radius 1 is 0.581 bits per heavy atom. The van der Waals surface area contributed by atoms with Gasteiger partial charge in [-0.15, -0.1) is 0 Å². The van der Waals surface area contributed by atoms with Gasteiger partial charge in [0, 0.05) is 22.7 Å². The van der Waals surface area contributed by atoms with Gasteiger partial charge in [-0.2, -0.15) is 9.97 Å². The zero-order chi connectivity index (χ0) is 20.6. The van der Waals surface area contributed by atoms with Crippen LogP contribution in [0.15, 0.2) is 109 Å². The van der Waals surface area contributed by atoms with E-state index in [2.05, 4.69) is 53.5 Å². The number of para-hydroxylation sites is 1. The second-order valence-corrected chi connectivity index (χ2v) is 7.73. The zero-order valence-corrected chi connectivity index (χ0v) is 16.8. The lowest BCUT2D eigenvalue weighted by Crippen LogP contribution is -2.30. The van der Waals surface area contributed by atoms with Crippen molar-refractivity contribution in [3.05, 3.63) is 115 Å². The van der Waals surface area contributed by atoms with Crippen molar-refractivity contribution >= 4 is 11.6 Å². The highest BCUT2D eigenvalue weighted by molar-refractivity contribution is 5.74. The summed E-state index contributed by atoms with van der Waals surface area (Å²) in [5.74, 6) is 2.33. The van der Waals surface area contributed by atoms with Crippen molar-refractivity contribution in [2.75, 3.05) is 4.90 Å². The Morgan fingerprint density at radius 2 is 1.16 bits per heavy atom. The molecule has 1 aromatic heterocycles. The van der Waals surface area contributed by atoms with Gasteiger partial charge in [0.25, 0.3) is 0 Å². The number of hydrogen-bond acceptors (Lipinski definition) is 4. The van der Waals surface area contributed by atoms with Gasteiger partial charge in [0.1, 0.15) is 0 Å². The maximum atomic E-state index is 4.95. The third-order valence-electron chi connectivity index (χ3n) is 5.86. The molecule has 1 aliphatic carbocycles. The van der Waals surface area contributed by atoms with Crippen LogP contribution in [0.1, 0.15) is 11.5 Å². The van der Waals surface area contributed by atoms with Crippen LogP contribution in [0.2, 0.25) is 0 Å². The summed E-state index contributed by atoms with van der Waals surface area (Å²) in [6.45, 7) is 0. The highest BCUT2D eigenvalue weighted by Gasteiger charge is 2.38. The average Bonchev–Trinajstić information content (AvgIpc) is 3.19. The summed E-state index contributed by atoms with van der Waals surface area (Å²) >= 11 is 0. The van der Waals surface area contributed by atoms with Crippen LogP contribution in [0.4, 0.5) is 11.6 Å². The predicted octanol–water partition coefficient (Wildman–Crippen LogP) is 5.94. The Balaban J connectivity index is 1.57. The number of allylic oxidation sites excluding steroid dienone is 2. The zero-order valence-electron chi connectivity index (χ0n) is 16.8. The molecular formula is C27H20N4. The molecule has 4 heteroatoms. The van der Waals surface area contributed by atoms with E-state index in [0.717, 1.165) is 16.8 Å². The third kappa shape index (κ3) is 3.04. The lowest BCUT2D eigenvalue weighted by Gasteiger charge is -2.27. The summed E-state index contributed by atoms with van der Waals surface area (Å²) in [4.78, 5) is 17.0. The van der Waals surface area contributed by atoms with Gasteiger partial charge in [-0.3, -0.25) is 0 Å². The Hall–Kier alpha value is -4.05. The highest BCUT2D eigenvalue weighted by atomic mass is 15.3. The first-order chi connectivity index (χ1) is 15.4. The minimum atomic E-state index is 0.150. The van der Waals surface area contributed by atoms with Crippen LogP contribution < -0.4 is 4.90 Å². The summed E-state index contributed by atoms with van der Waals surface area (Å²) in [6.07, 6.45) is 8.73. The number of fused-ring (bicyclic) bond motifs is 3. The van der Waals surface area contributed by atoms with Gasteiger partial charge >= 0.3 is 0 Å². The number of benzene rings is 3. The molecule has 0 fully saturated rings. The van der Waals surface area contributed by atoms with Crippen molar-refractivity contribution in [1.82, 2.24) is 15.0 Å². The lowest BCUT2D eigenvalue weighted by molar-refractivity contribution is 0.728. The Bertz CT molecular complexity index is 1240. The van der Waals surface area contributed by atoms with E-state index in [1.165, 1.54) is 5.56 Å². The molecule has 4 aromatic rings. The number of aromatic nitrogens is 3. The summed E-state index contributed by atoms with van der Waals surface area (Å²) in [5, 5.41) is 0. The van der Waals surface area contributed by atoms with Crippen molar-refractivity contribution in [2.24, 2.45) is 0 Å². The van der Waals surface area contributed by atoms with Crippen molar-refractivity contribution < 1.29 is 0 Å². The molecule has 1 aliphatic heterocycles. The minimum absolute atomic E-state index is 0.150. The molecule has 2 atom stereocenters. The average molecular weight is 400 g/mol. The van der Waals surface area contributed by atoms with Gasteiger partial charge in [-0.05, 0) is 11.6 Å². The second kappa shape index (κ2) is 7.33. The van der Waals surface area contributed by atoms with E-state index < -0.39 is 0 Å². The fourth-order valence-electron chi connectivity index (χ4n) is 4.43. The highest BCUT2D eigenvalue weighted by Crippen LogP contribution is 2.46. The molecule has 0 spiro atoms. The molecule has 148 valence electrons. The summed E-state index contributed by atoms with van der Waals surface area (Å²) in [7, 11) is 0. The van der Waals surface area contributed by atoms with Gasteiger partial charge in [-0.25, -0.2) is 4.98 Å². The molecule has 0 radical (unpaired) electrons. The number of hydrogen-bond donors (Lipinski definition) is 0. The molecule has 0 saturated heterocycles. The van der Waals surface area contributed by atoms with E-state index >= 15 is 0 Å². The molecule has 0 saturated carbocycles. The first kappa shape index (κ1) is 17.8. The number of nitrogens with zero attached hydrogens (tertiary/aromatic N) is 4. The van der Waals surface area contributed by atoms with Crippen molar-refractivity contribution in [1.29, 1.82) is 0 Å². The van der Waals surface area contributed by atoms with Crippen LogP contribution in [0.3, 0.4) is 0 Å². The number of anilines is 2. The standard InChI is InChI=1S/C27H20N4/c1-3-11-19(12-4-1)25-28-26(20-13-5-2-6-14-20)30-27(29-25)31-23-17-9-7-15-21(23)22-16-8-10-18-24(22)31/h1-18,21,23H. The van der Waals surface area contributed by atoms with Gasteiger partial charge < -0.3 is 4.90 Å². The Labute approximate surface area is 181 Å². The van der Waals surface area contributed by atoms with Gasteiger partial charge in [0.05, 0.1) is 6.04 Å². The van der Waals surface area contributed by atoms with Crippen molar-refractivity contribution in [3.63, 3.8) is 0 Å². The van der Waals surface area contributed by atoms with E-state index in [0.29, 0.717) is 23.5 Å². The first-order valence-corrected chi connectivity index (χ1v) is 10.5. The lowest BCUT2D eigenvalue weighted by atomic mass is 9.92. The first-order valence-electron chi connectivity index (χ1n) is 10.5. The van der Waals surface area contributed by atoms with Crippen molar-refractivity contribution in [3.8, 4) is 22.8 Å². The smallest absolute Gasteiger partial charge is 0.234 e. The molecule has 4 nitrogen and oxygen atoms in total. The van der Waals surface area contributed by atoms with Crippen LogP contribution >= 0.6 is 0 Å². The predicted molar refractivity (Wildman–Crippen MR) is 124 cm³/mol. The van der Waals surface area contributed by atoms with Crippen LogP contribution in [0.25, 0.3) is 22.8 Å². The second-order valence-electron chi connectivity index (χ2n) is 7.73. The normalized spacial score (nSPS) is 18.6. The fraction of sp³-hybridized carbons (Fsp3) is 0.0741. The van der Waals surface area contributed by atoms with E-state index in [4.69, 9.17) is 15.0 Å². The maximum absolute atomic E-state index is 4.95. The Kier molecular flexibility index (Phi) is 4.20. The van der Waals surface area contributed by atoms with Gasteiger partial charge in [-0.1, -0.05) is 103 Å². The molecule has 6 rings (SSSR count). The van der Waals surface area contributed by atoms with Crippen molar-refractivity contribution in [2.45, 2.75) is 12.0 Å². The SMILES string of the molecule is C1=CC2c3ccccc3N(c3nc(-c4ccccc4)nc(-c4ccccc4)n3)C2C=C1. The summed E-state index contributed by atoms with van der Waals surface area (Å²) < 4.78 is 0. The van der Waals surface area contributed by atoms with Gasteiger partial charge in [0.15, 0.2) is 11.6 Å². The molecule has 0 amide bonds. The molecule has 2 aliphatic rings. The quantitative estimate of drug-likeness (QED) is 0.427. The van der Waals surface area contributed by atoms with Crippen LogP contribution in [-0.4, -0.2) is 21.0 Å². The van der Waals surface area contributed by atoms with E-state index in [1.54, 1.807) is 0 Å². The molecule has 0 bridgehead atoms. The van der Waals surface area contributed by atoms with Crippen LogP contribution in [-0.2, 0) is 0 Å². The van der Waals surface area contributed by atoms with Crippen LogP contribution in [0, 0.1) is 0 Å². The summed E-state index contributed by atoms with van der Waals surface area (Å²) in [6, 6.07) is 28.9. The molecule has 31 heavy (non-hydrogen) atoms. The van der Waals surface area contributed by atoms with Crippen LogP contribution in [0.5, 0.6) is 0 Å². The fourth-order valence-corrected chi connectivity index (χ4v) is 4.43. The maximum Gasteiger partial charge on any atom is 0.234 e. The molecular weight excluding hydrogens is 380 g/mol. The largest absolute Gasteiger partial charge is 0.302 e. The van der Waals surface area contributed by atoms with E-state index in [1.807, 2.05) is 60.7 Å². The molecule has 0 N–H and O–H groups in total. The minimum Gasteiger partial charge on any atom is -0.302 e. The Morgan fingerprint density at radius 3 is 1.84 bits per heavy atom. The monoisotopic (exact) mass is 400 g/mol. The summed E-state index contributed by atoms with van der Waals surface area (Å²) in [5.41, 5.74) is 4.41. The van der Waals surface area contributed by atoms with E-state index in [9.17, 15) is 0 Å². The molecule has 2 heterocycles. The molecule has 2 unspecified atom stereocenters. The topological polar surface area (TPSA) is 41.9 Å². The molecule has 3 aromatic carbocycles.